The van der Waals surface area contributed by atoms with E-state index in [1.165, 1.54) is 19.2 Å². The number of anilines is 1. The lowest BCUT2D eigenvalue weighted by Crippen LogP contribution is -2.28. The van der Waals surface area contributed by atoms with E-state index in [0.717, 1.165) is 11.6 Å². The number of alkyl carbamates (subject to hydrolysis) is 1. The molecule has 2 aromatic rings. The van der Waals surface area contributed by atoms with Gasteiger partial charge < -0.3 is 20.1 Å². The largest absolute Gasteiger partial charge is 0.481 e. The molecule has 0 bridgehead atoms. The minimum atomic E-state index is -0.615. The number of nitriles is 1. The van der Waals surface area contributed by atoms with E-state index in [1.54, 1.807) is 12.1 Å². The van der Waals surface area contributed by atoms with Crippen molar-refractivity contribution in [3.8, 4) is 11.9 Å². The summed E-state index contributed by atoms with van der Waals surface area (Å²) in [6.45, 7) is 0.261. The van der Waals surface area contributed by atoms with Crippen molar-refractivity contribution in [3.63, 3.8) is 0 Å². The molecule has 0 spiro atoms. The fraction of sp³-hybridized carbons (Fsp3) is 0.263. The molecule has 1 fully saturated rings. The van der Waals surface area contributed by atoms with Gasteiger partial charge in [0.2, 0.25) is 11.8 Å². The Morgan fingerprint density at radius 1 is 1.43 bits per heavy atom. The van der Waals surface area contributed by atoms with Crippen LogP contribution in [0.5, 0.6) is 5.88 Å². The Balaban J connectivity index is 1.66. The fourth-order valence-corrected chi connectivity index (χ4v) is 2.79. The van der Waals surface area contributed by atoms with Crippen LogP contribution >= 0.6 is 0 Å². The number of amides is 2. The first-order valence-electron chi connectivity index (χ1n) is 8.44. The molecule has 9 heteroatoms. The summed E-state index contributed by atoms with van der Waals surface area (Å²) in [6.07, 6.45) is -0.197. The molecule has 1 aliphatic heterocycles. The second-order valence-electron chi connectivity index (χ2n) is 6.15. The van der Waals surface area contributed by atoms with Crippen LogP contribution in [0.3, 0.4) is 0 Å². The van der Waals surface area contributed by atoms with Crippen LogP contribution < -0.4 is 15.4 Å². The summed E-state index contributed by atoms with van der Waals surface area (Å²) in [5.74, 6) is -0.506. The highest BCUT2D eigenvalue weighted by Crippen LogP contribution is 2.21. The van der Waals surface area contributed by atoms with E-state index in [4.69, 9.17) is 14.7 Å². The van der Waals surface area contributed by atoms with E-state index in [0.29, 0.717) is 12.3 Å². The number of hydrogen-bond donors (Lipinski definition) is 2. The number of carbonyl (C=O) groups excluding carboxylic acids is 2. The molecule has 0 saturated carbocycles. The van der Waals surface area contributed by atoms with E-state index in [2.05, 4.69) is 15.6 Å². The smallest absolute Gasteiger partial charge is 0.407 e. The van der Waals surface area contributed by atoms with Gasteiger partial charge in [-0.3, -0.25) is 4.79 Å². The minimum Gasteiger partial charge on any atom is -0.481 e. The molecule has 0 aliphatic carbocycles. The summed E-state index contributed by atoms with van der Waals surface area (Å²) in [5, 5.41) is 14.0. The lowest BCUT2D eigenvalue weighted by atomic mass is 10.1. The number of methoxy groups -OCH3 is 1. The highest BCUT2D eigenvalue weighted by atomic mass is 19.1. The zero-order chi connectivity index (χ0) is 20.1. The summed E-state index contributed by atoms with van der Waals surface area (Å²) in [7, 11) is 1.45. The molecule has 2 N–H and O–H groups in total. The van der Waals surface area contributed by atoms with Crippen molar-refractivity contribution in [2.24, 2.45) is 0 Å². The van der Waals surface area contributed by atoms with Crippen molar-refractivity contribution in [2.45, 2.75) is 18.9 Å². The molecule has 1 atom stereocenters. The highest BCUT2D eigenvalue weighted by molar-refractivity contribution is 5.91. The molecule has 1 aromatic heterocycles. The Morgan fingerprint density at radius 3 is 2.86 bits per heavy atom. The molecule has 3 rings (SSSR count). The van der Waals surface area contributed by atoms with Crippen LogP contribution in [0, 0.1) is 17.1 Å². The van der Waals surface area contributed by atoms with Crippen LogP contribution in [0.15, 0.2) is 30.3 Å². The molecule has 1 aliphatic rings. The van der Waals surface area contributed by atoms with Crippen LogP contribution in [0.4, 0.5) is 15.0 Å². The van der Waals surface area contributed by atoms with Gasteiger partial charge in [0.15, 0.2) is 0 Å². The van der Waals surface area contributed by atoms with Crippen molar-refractivity contribution in [2.75, 3.05) is 19.0 Å². The Morgan fingerprint density at radius 2 is 2.21 bits per heavy atom. The summed E-state index contributed by atoms with van der Waals surface area (Å²) in [5.41, 5.74) is 1.11. The normalized spacial score (nSPS) is 15.3. The summed E-state index contributed by atoms with van der Waals surface area (Å²) < 4.78 is 24.0. The number of halogens is 1. The topological polar surface area (TPSA) is 113 Å². The zero-order valence-corrected chi connectivity index (χ0v) is 15.0. The average molecular weight is 384 g/mol. The van der Waals surface area contributed by atoms with Crippen molar-refractivity contribution < 1.29 is 23.5 Å². The third-order valence-electron chi connectivity index (χ3n) is 4.14. The number of ether oxygens (including phenoxy) is 2. The second-order valence-corrected chi connectivity index (χ2v) is 6.15. The Kier molecular flexibility index (Phi) is 5.69. The van der Waals surface area contributed by atoms with Crippen molar-refractivity contribution in [1.82, 2.24) is 10.3 Å². The molecule has 1 saturated heterocycles. The lowest BCUT2D eigenvalue weighted by molar-refractivity contribution is -0.115. The van der Waals surface area contributed by atoms with Gasteiger partial charge in [0.25, 0.3) is 0 Å². The first kappa shape index (κ1) is 19.1. The summed E-state index contributed by atoms with van der Waals surface area (Å²) in [6, 6.07) is 8.94. The SMILES string of the molecule is COc1nc(NC(=O)Cc2ccc(C#N)cc2F)ccc1C[C@H]1COC(=O)N1. The quantitative estimate of drug-likeness (QED) is 0.787. The number of carbonyl (C=O) groups is 2. The first-order chi connectivity index (χ1) is 13.5. The van der Waals surface area contributed by atoms with Crippen molar-refractivity contribution in [3.05, 3.63) is 52.8 Å². The molecule has 28 heavy (non-hydrogen) atoms. The second kappa shape index (κ2) is 8.35. The Bertz CT molecular complexity index is 957. The lowest BCUT2D eigenvalue weighted by Gasteiger charge is -2.13. The van der Waals surface area contributed by atoms with Gasteiger partial charge >= 0.3 is 6.09 Å². The maximum absolute atomic E-state index is 13.9. The van der Waals surface area contributed by atoms with Crippen LogP contribution in [0.1, 0.15) is 16.7 Å². The first-order valence-corrected chi connectivity index (χ1v) is 8.44. The monoisotopic (exact) mass is 384 g/mol. The third kappa shape index (κ3) is 4.54. The van der Waals surface area contributed by atoms with Gasteiger partial charge in [0, 0.05) is 12.0 Å². The van der Waals surface area contributed by atoms with E-state index < -0.39 is 17.8 Å². The molecule has 8 nitrogen and oxygen atoms in total. The maximum atomic E-state index is 13.9. The molecular formula is C19H17FN4O4. The molecule has 2 amide bonds. The molecule has 0 unspecified atom stereocenters. The summed E-state index contributed by atoms with van der Waals surface area (Å²) >= 11 is 0. The van der Waals surface area contributed by atoms with Gasteiger partial charge in [-0.05, 0) is 29.8 Å². The number of benzene rings is 1. The number of nitrogens with one attached hydrogen (secondary N) is 2. The van der Waals surface area contributed by atoms with E-state index in [1.807, 2.05) is 6.07 Å². The minimum absolute atomic E-state index is 0.178. The van der Waals surface area contributed by atoms with Gasteiger partial charge in [0.05, 0.1) is 31.2 Å². The number of cyclic esters (lactones) is 1. The predicted molar refractivity (Wildman–Crippen MR) is 96.2 cm³/mol. The van der Waals surface area contributed by atoms with Crippen molar-refractivity contribution in [1.29, 1.82) is 5.26 Å². The van der Waals surface area contributed by atoms with Crippen LogP contribution in [0.2, 0.25) is 0 Å². The highest BCUT2D eigenvalue weighted by Gasteiger charge is 2.24. The van der Waals surface area contributed by atoms with E-state index >= 15 is 0 Å². The fourth-order valence-electron chi connectivity index (χ4n) is 2.79. The summed E-state index contributed by atoms with van der Waals surface area (Å²) in [4.78, 5) is 27.6. The maximum Gasteiger partial charge on any atom is 0.407 e. The molecule has 144 valence electrons. The van der Waals surface area contributed by atoms with Gasteiger partial charge in [-0.2, -0.15) is 10.2 Å². The van der Waals surface area contributed by atoms with Gasteiger partial charge in [-0.1, -0.05) is 6.07 Å². The molecule has 0 radical (unpaired) electrons. The third-order valence-corrected chi connectivity index (χ3v) is 4.14. The van der Waals surface area contributed by atoms with Crippen molar-refractivity contribution >= 4 is 17.8 Å². The van der Waals surface area contributed by atoms with E-state index in [9.17, 15) is 14.0 Å². The molecule has 2 heterocycles. The Hall–Kier alpha value is -3.67. The van der Waals surface area contributed by atoms with Crippen LogP contribution in [-0.4, -0.2) is 36.7 Å². The predicted octanol–water partition coefficient (Wildman–Crippen LogP) is 1.93. The molecular weight excluding hydrogens is 367 g/mol. The van der Waals surface area contributed by atoms with Gasteiger partial charge in [-0.25, -0.2) is 9.18 Å². The van der Waals surface area contributed by atoms with Gasteiger partial charge in [-0.15, -0.1) is 0 Å². The number of pyridine rings is 1. The van der Waals surface area contributed by atoms with Gasteiger partial charge in [0.1, 0.15) is 18.2 Å². The average Bonchev–Trinajstić information content (AvgIpc) is 3.09. The Labute approximate surface area is 160 Å². The number of aromatic nitrogens is 1. The van der Waals surface area contributed by atoms with Crippen LogP contribution in [-0.2, 0) is 22.4 Å². The van der Waals surface area contributed by atoms with E-state index in [-0.39, 0.29) is 36.0 Å². The number of hydrogen-bond acceptors (Lipinski definition) is 6. The molecule has 1 aromatic carbocycles. The number of nitrogens with zero attached hydrogens (tertiary/aromatic N) is 2. The number of rotatable bonds is 6. The van der Waals surface area contributed by atoms with Crippen LogP contribution in [0.25, 0.3) is 0 Å². The standard InChI is InChI=1S/C19H17FN4O4/c1-27-18-13(7-14-10-28-19(26)22-14)4-5-16(24-18)23-17(25)8-12-3-2-11(9-21)6-15(12)20/h2-6,14H,7-8,10H2,1H3,(H,22,26)(H,23,24,25)/t14-/m0/s1. The zero-order valence-electron chi connectivity index (χ0n) is 15.0.